The van der Waals surface area contributed by atoms with Gasteiger partial charge in [0.1, 0.15) is 0 Å². The molecule has 0 aromatic rings. The molecule has 3 atom stereocenters. The standard InChI is InChI=1S/C15H26N2O4/c1-2-8-21-13-4-3-7-17(10-13)15(20)16-12-6-5-11(9-12)14(18)19/h11-13H,2-10H2,1H3,(H,16,20)(H,18,19). The Bertz CT molecular complexity index is 375. The molecule has 1 aliphatic carbocycles. The molecule has 0 aromatic carbocycles. The Morgan fingerprint density at radius 3 is 2.81 bits per heavy atom. The maximum atomic E-state index is 12.3. The van der Waals surface area contributed by atoms with Crippen molar-refractivity contribution in [1.82, 2.24) is 10.2 Å². The number of hydrogen-bond donors (Lipinski definition) is 2. The van der Waals surface area contributed by atoms with Gasteiger partial charge in [0.15, 0.2) is 0 Å². The van der Waals surface area contributed by atoms with Gasteiger partial charge >= 0.3 is 12.0 Å². The van der Waals surface area contributed by atoms with Gasteiger partial charge in [-0.25, -0.2) is 4.79 Å². The fourth-order valence-corrected chi connectivity index (χ4v) is 3.15. The van der Waals surface area contributed by atoms with Crippen molar-refractivity contribution in [3.63, 3.8) is 0 Å². The molecule has 0 radical (unpaired) electrons. The summed E-state index contributed by atoms with van der Waals surface area (Å²) >= 11 is 0. The first kappa shape index (κ1) is 16.1. The number of piperidine rings is 1. The number of likely N-dealkylation sites (tertiary alicyclic amines) is 1. The van der Waals surface area contributed by atoms with Crippen LogP contribution in [0.25, 0.3) is 0 Å². The Morgan fingerprint density at radius 2 is 2.14 bits per heavy atom. The fourth-order valence-electron chi connectivity index (χ4n) is 3.15. The SMILES string of the molecule is CCCOC1CCCN(C(=O)NC2CCC(C(=O)O)C2)C1. The summed E-state index contributed by atoms with van der Waals surface area (Å²) in [5, 5.41) is 12.0. The molecule has 0 spiro atoms. The number of amides is 2. The van der Waals surface area contributed by atoms with Crippen LogP contribution >= 0.6 is 0 Å². The Morgan fingerprint density at radius 1 is 1.33 bits per heavy atom. The van der Waals surface area contributed by atoms with E-state index in [9.17, 15) is 9.59 Å². The summed E-state index contributed by atoms with van der Waals surface area (Å²) in [5.41, 5.74) is 0. The zero-order valence-corrected chi connectivity index (χ0v) is 12.7. The molecule has 0 bridgehead atoms. The lowest BCUT2D eigenvalue weighted by Gasteiger charge is -2.33. The molecule has 2 aliphatic rings. The average Bonchev–Trinajstić information content (AvgIpc) is 2.94. The molecule has 2 rings (SSSR count). The number of carbonyl (C=O) groups excluding carboxylic acids is 1. The van der Waals surface area contributed by atoms with Gasteiger partial charge in [0, 0.05) is 25.7 Å². The maximum Gasteiger partial charge on any atom is 0.317 e. The molecule has 120 valence electrons. The summed E-state index contributed by atoms with van der Waals surface area (Å²) in [7, 11) is 0. The Kier molecular flexibility index (Phi) is 5.85. The van der Waals surface area contributed by atoms with Gasteiger partial charge in [-0.1, -0.05) is 6.92 Å². The van der Waals surface area contributed by atoms with Crippen LogP contribution in [0.15, 0.2) is 0 Å². The number of aliphatic carboxylic acids is 1. The van der Waals surface area contributed by atoms with Crippen molar-refractivity contribution in [3.8, 4) is 0 Å². The van der Waals surface area contributed by atoms with E-state index < -0.39 is 5.97 Å². The molecule has 2 N–H and O–H groups in total. The Balaban J connectivity index is 1.76. The summed E-state index contributed by atoms with van der Waals surface area (Å²) in [6.07, 6.45) is 5.05. The van der Waals surface area contributed by atoms with Crippen molar-refractivity contribution in [3.05, 3.63) is 0 Å². The highest BCUT2D eigenvalue weighted by Crippen LogP contribution is 2.26. The van der Waals surface area contributed by atoms with E-state index in [0.29, 0.717) is 19.4 Å². The zero-order valence-electron chi connectivity index (χ0n) is 12.7. The van der Waals surface area contributed by atoms with Crippen LogP contribution in [0.2, 0.25) is 0 Å². The molecule has 6 heteroatoms. The third kappa shape index (κ3) is 4.59. The number of carboxylic acids is 1. The highest BCUT2D eigenvalue weighted by Gasteiger charge is 2.32. The number of nitrogens with one attached hydrogen (secondary N) is 1. The van der Waals surface area contributed by atoms with Crippen molar-refractivity contribution < 1.29 is 19.4 Å². The maximum absolute atomic E-state index is 12.3. The van der Waals surface area contributed by atoms with E-state index in [1.807, 2.05) is 0 Å². The number of carboxylic acid groups (broad SMARTS) is 1. The number of nitrogens with zero attached hydrogens (tertiary/aromatic N) is 1. The number of carbonyl (C=O) groups is 2. The number of ether oxygens (including phenoxy) is 1. The predicted molar refractivity (Wildman–Crippen MR) is 78.1 cm³/mol. The van der Waals surface area contributed by atoms with Crippen molar-refractivity contribution in [1.29, 1.82) is 0 Å². The fraction of sp³-hybridized carbons (Fsp3) is 0.867. The third-order valence-electron chi connectivity index (χ3n) is 4.33. The molecule has 0 aromatic heterocycles. The van der Waals surface area contributed by atoms with Crippen molar-refractivity contribution in [2.45, 2.75) is 57.6 Å². The second-order valence-corrected chi connectivity index (χ2v) is 6.08. The van der Waals surface area contributed by atoms with Crippen LogP contribution in [0.5, 0.6) is 0 Å². The second-order valence-electron chi connectivity index (χ2n) is 6.08. The minimum Gasteiger partial charge on any atom is -0.481 e. The molecule has 2 fully saturated rings. The van der Waals surface area contributed by atoms with Crippen LogP contribution in [-0.2, 0) is 9.53 Å². The van der Waals surface area contributed by atoms with E-state index in [1.54, 1.807) is 4.90 Å². The first-order chi connectivity index (χ1) is 10.1. The lowest BCUT2D eigenvalue weighted by atomic mass is 10.1. The van der Waals surface area contributed by atoms with Gasteiger partial charge in [0.2, 0.25) is 0 Å². The van der Waals surface area contributed by atoms with Gasteiger partial charge in [-0.15, -0.1) is 0 Å². The summed E-state index contributed by atoms with van der Waals surface area (Å²) in [5.74, 6) is -1.06. The highest BCUT2D eigenvalue weighted by molar-refractivity contribution is 5.75. The van der Waals surface area contributed by atoms with Gasteiger partial charge in [0.05, 0.1) is 12.0 Å². The minimum atomic E-state index is -0.752. The van der Waals surface area contributed by atoms with E-state index in [1.165, 1.54) is 0 Å². The van der Waals surface area contributed by atoms with Gasteiger partial charge in [0.25, 0.3) is 0 Å². The molecular weight excluding hydrogens is 272 g/mol. The van der Waals surface area contributed by atoms with Crippen molar-refractivity contribution in [2.75, 3.05) is 19.7 Å². The van der Waals surface area contributed by atoms with Crippen molar-refractivity contribution >= 4 is 12.0 Å². The number of rotatable bonds is 5. The van der Waals surface area contributed by atoms with Crippen LogP contribution in [0.1, 0.15) is 45.4 Å². The predicted octanol–water partition coefficient (Wildman–Crippen LogP) is 1.84. The van der Waals surface area contributed by atoms with Crippen LogP contribution < -0.4 is 5.32 Å². The summed E-state index contributed by atoms with van der Waals surface area (Å²) in [6, 6.07) is -0.0774. The van der Waals surface area contributed by atoms with E-state index in [2.05, 4.69) is 12.2 Å². The first-order valence-corrected chi connectivity index (χ1v) is 8.00. The van der Waals surface area contributed by atoms with E-state index in [-0.39, 0.29) is 24.1 Å². The summed E-state index contributed by atoms with van der Waals surface area (Å²) < 4.78 is 5.73. The van der Waals surface area contributed by atoms with Gasteiger partial charge in [-0.2, -0.15) is 0 Å². The zero-order chi connectivity index (χ0) is 15.2. The normalized spacial score (nSPS) is 29.4. The van der Waals surface area contributed by atoms with E-state index >= 15 is 0 Å². The van der Waals surface area contributed by atoms with Crippen molar-refractivity contribution in [2.24, 2.45) is 5.92 Å². The smallest absolute Gasteiger partial charge is 0.317 e. The van der Waals surface area contributed by atoms with Crippen LogP contribution in [0.4, 0.5) is 4.79 Å². The van der Waals surface area contributed by atoms with Gasteiger partial charge in [-0.05, 0) is 38.5 Å². The Hall–Kier alpha value is -1.30. The van der Waals surface area contributed by atoms with Crippen LogP contribution in [0, 0.1) is 5.92 Å². The monoisotopic (exact) mass is 298 g/mol. The molecule has 2 amide bonds. The first-order valence-electron chi connectivity index (χ1n) is 8.00. The molecule has 6 nitrogen and oxygen atoms in total. The largest absolute Gasteiger partial charge is 0.481 e. The topological polar surface area (TPSA) is 78.9 Å². The Labute approximate surface area is 125 Å². The highest BCUT2D eigenvalue weighted by atomic mass is 16.5. The summed E-state index contributed by atoms with van der Waals surface area (Å²) in [4.78, 5) is 25.0. The molecule has 1 saturated carbocycles. The lowest BCUT2D eigenvalue weighted by Crippen LogP contribution is -2.50. The van der Waals surface area contributed by atoms with Gasteiger partial charge < -0.3 is 20.1 Å². The quantitative estimate of drug-likeness (QED) is 0.811. The van der Waals surface area contributed by atoms with Gasteiger partial charge in [-0.3, -0.25) is 4.79 Å². The number of urea groups is 1. The molecule has 21 heavy (non-hydrogen) atoms. The average molecular weight is 298 g/mol. The molecule has 1 saturated heterocycles. The number of hydrogen-bond acceptors (Lipinski definition) is 3. The molecule has 3 unspecified atom stereocenters. The molecular formula is C15H26N2O4. The minimum absolute atomic E-state index is 0.00413. The van der Waals surface area contributed by atoms with Crippen LogP contribution in [0.3, 0.4) is 0 Å². The molecule has 1 aliphatic heterocycles. The van der Waals surface area contributed by atoms with Crippen LogP contribution in [-0.4, -0.2) is 53.8 Å². The third-order valence-corrected chi connectivity index (χ3v) is 4.33. The molecule has 1 heterocycles. The summed E-state index contributed by atoms with van der Waals surface area (Å²) in [6.45, 7) is 4.21. The lowest BCUT2D eigenvalue weighted by molar-refractivity contribution is -0.141. The van der Waals surface area contributed by atoms with E-state index in [4.69, 9.17) is 9.84 Å². The van der Waals surface area contributed by atoms with E-state index in [0.717, 1.165) is 38.8 Å². The second kappa shape index (κ2) is 7.64.